The van der Waals surface area contributed by atoms with Crippen molar-refractivity contribution in [3.05, 3.63) is 96.8 Å². The normalized spacial score (nSPS) is 10.9. The van der Waals surface area contributed by atoms with E-state index < -0.39 is 0 Å². The zero-order valence-corrected chi connectivity index (χ0v) is 17.7. The van der Waals surface area contributed by atoms with E-state index in [2.05, 4.69) is 93.3 Å². The number of unbranched alkanes of at least 4 members (excludes halogenated alkanes) is 1. The molecular formula is C26H28N4+2. The van der Waals surface area contributed by atoms with Crippen LogP contribution in [0.1, 0.15) is 24.0 Å². The number of aryl methyl sites for hydroxylation is 4. The van der Waals surface area contributed by atoms with Crippen LogP contribution in [0, 0.1) is 6.92 Å². The van der Waals surface area contributed by atoms with Gasteiger partial charge < -0.3 is 0 Å². The number of aromatic nitrogens is 4. The maximum Gasteiger partial charge on any atom is 0.169 e. The van der Waals surface area contributed by atoms with Crippen LogP contribution in [0.25, 0.3) is 22.5 Å². The molecule has 150 valence electrons. The summed E-state index contributed by atoms with van der Waals surface area (Å²) in [6, 6.07) is 17.1. The van der Waals surface area contributed by atoms with Crippen LogP contribution in [0.2, 0.25) is 0 Å². The first-order valence-corrected chi connectivity index (χ1v) is 10.5. The second-order valence-corrected chi connectivity index (χ2v) is 7.80. The van der Waals surface area contributed by atoms with Gasteiger partial charge in [-0.2, -0.15) is 0 Å². The Bertz CT molecular complexity index is 1100. The van der Waals surface area contributed by atoms with Crippen LogP contribution in [-0.2, 0) is 20.0 Å². The lowest BCUT2D eigenvalue weighted by atomic mass is 10.1. The molecule has 4 heterocycles. The van der Waals surface area contributed by atoms with E-state index >= 15 is 0 Å². The Morgan fingerprint density at radius 2 is 1.37 bits per heavy atom. The molecule has 4 nitrogen and oxygen atoms in total. The van der Waals surface area contributed by atoms with Crippen molar-refractivity contribution in [3.63, 3.8) is 0 Å². The van der Waals surface area contributed by atoms with Crippen molar-refractivity contribution in [2.45, 2.75) is 32.7 Å². The van der Waals surface area contributed by atoms with E-state index in [4.69, 9.17) is 0 Å². The smallest absolute Gasteiger partial charge is 0.169 e. The van der Waals surface area contributed by atoms with Crippen LogP contribution < -0.4 is 9.13 Å². The molecule has 4 rings (SSSR count). The summed E-state index contributed by atoms with van der Waals surface area (Å²) in [4.78, 5) is 8.95. The summed E-state index contributed by atoms with van der Waals surface area (Å²) >= 11 is 0. The fourth-order valence-corrected chi connectivity index (χ4v) is 3.56. The quantitative estimate of drug-likeness (QED) is 0.346. The molecule has 0 fully saturated rings. The second-order valence-electron chi connectivity index (χ2n) is 7.80. The molecule has 0 saturated carbocycles. The lowest BCUT2D eigenvalue weighted by Crippen LogP contribution is -2.32. The third-order valence-corrected chi connectivity index (χ3v) is 5.34. The molecule has 0 spiro atoms. The zero-order valence-electron chi connectivity index (χ0n) is 17.7. The van der Waals surface area contributed by atoms with Crippen molar-refractivity contribution >= 4 is 0 Å². The summed E-state index contributed by atoms with van der Waals surface area (Å²) in [7, 11) is 2.04. The average Bonchev–Trinajstić information content (AvgIpc) is 2.78. The van der Waals surface area contributed by atoms with E-state index in [9.17, 15) is 0 Å². The van der Waals surface area contributed by atoms with E-state index in [1.807, 2.05) is 25.5 Å². The van der Waals surface area contributed by atoms with Crippen LogP contribution in [0.5, 0.6) is 0 Å². The first kappa shape index (κ1) is 19.9. The van der Waals surface area contributed by atoms with E-state index in [0.717, 1.165) is 37.2 Å². The number of hydrogen-bond donors (Lipinski definition) is 0. The Balaban J connectivity index is 1.30. The highest BCUT2D eigenvalue weighted by molar-refractivity contribution is 5.61. The zero-order chi connectivity index (χ0) is 20.8. The highest BCUT2D eigenvalue weighted by Crippen LogP contribution is 2.18. The van der Waals surface area contributed by atoms with Crippen LogP contribution >= 0.6 is 0 Å². The van der Waals surface area contributed by atoms with Crippen molar-refractivity contribution in [1.82, 2.24) is 9.97 Å². The van der Waals surface area contributed by atoms with Gasteiger partial charge in [-0.3, -0.25) is 9.97 Å². The highest BCUT2D eigenvalue weighted by atomic mass is 14.9. The summed E-state index contributed by atoms with van der Waals surface area (Å²) < 4.78 is 4.32. The van der Waals surface area contributed by atoms with Gasteiger partial charge in [-0.1, -0.05) is 0 Å². The fraction of sp³-hybridized carbons (Fsp3) is 0.231. The summed E-state index contributed by atoms with van der Waals surface area (Å²) in [6.45, 7) is 3.11. The van der Waals surface area contributed by atoms with Gasteiger partial charge in [0.25, 0.3) is 0 Å². The lowest BCUT2D eigenvalue weighted by Gasteiger charge is -2.05. The van der Waals surface area contributed by atoms with E-state index in [1.165, 1.54) is 22.3 Å². The Hall–Kier alpha value is -3.40. The third kappa shape index (κ3) is 5.15. The van der Waals surface area contributed by atoms with E-state index in [1.54, 1.807) is 0 Å². The number of rotatable bonds is 7. The molecule has 0 aliphatic carbocycles. The van der Waals surface area contributed by atoms with Crippen LogP contribution in [0.4, 0.5) is 0 Å². The molecule has 0 radical (unpaired) electrons. The molecule has 0 atom stereocenters. The minimum absolute atomic E-state index is 0.944. The van der Waals surface area contributed by atoms with Gasteiger partial charge in [-0.15, -0.1) is 0 Å². The number of pyridine rings is 4. The lowest BCUT2D eigenvalue weighted by molar-refractivity contribution is -0.697. The molecule has 0 saturated heterocycles. The molecule has 0 aliphatic rings. The molecule has 0 bridgehead atoms. The summed E-state index contributed by atoms with van der Waals surface area (Å²) in [6.07, 6.45) is 15.6. The summed E-state index contributed by atoms with van der Waals surface area (Å²) in [5, 5.41) is 0. The molecule has 30 heavy (non-hydrogen) atoms. The summed E-state index contributed by atoms with van der Waals surface area (Å²) in [5.41, 5.74) is 6.92. The van der Waals surface area contributed by atoms with Gasteiger partial charge in [-0.05, 0) is 66.3 Å². The Morgan fingerprint density at radius 1 is 0.733 bits per heavy atom. The van der Waals surface area contributed by atoms with Crippen molar-refractivity contribution in [3.8, 4) is 22.5 Å². The van der Waals surface area contributed by atoms with Crippen molar-refractivity contribution in [2.75, 3.05) is 0 Å². The first-order valence-electron chi connectivity index (χ1n) is 10.5. The van der Waals surface area contributed by atoms with Crippen molar-refractivity contribution < 1.29 is 9.13 Å². The second kappa shape index (κ2) is 9.40. The monoisotopic (exact) mass is 396 g/mol. The van der Waals surface area contributed by atoms with Gasteiger partial charge in [0.15, 0.2) is 24.8 Å². The molecule has 4 heteroatoms. The number of hydrogen-bond acceptors (Lipinski definition) is 2. The topological polar surface area (TPSA) is 33.5 Å². The molecule has 0 aromatic carbocycles. The Labute approximate surface area is 178 Å². The number of nitrogens with zero attached hydrogens (tertiary/aromatic N) is 4. The van der Waals surface area contributed by atoms with Gasteiger partial charge in [0, 0.05) is 43.1 Å². The van der Waals surface area contributed by atoms with Crippen molar-refractivity contribution in [1.29, 1.82) is 0 Å². The van der Waals surface area contributed by atoms with Gasteiger partial charge in [-0.25, -0.2) is 9.13 Å². The Kier molecular flexibility index (Phi) is 6.23. The minimum atomic E-state index is 0.944. The highest BCUT2D eigenvalue weighted by Gasteiger charge is 2.06. The molecular weight excluding hydrogens is 368 g/mol. The van der Waals surface area contributed by atoms with Crippen LogP contribution in [0.15, 0.2) is 85.7 Å². The van der Waals surface area contributed by atoms with Crippen molar-refractivity contribution in [2.24, 2.45) is 7.05 Å². The molecule has 0 unspecified atom stereocenters. The molecule has 0 N–H and O–H groups in total. The fourth-order valence-electron chi connectivity index (χ4n) is 3.56. The van der Waals surface area contributed by atoms with Crippen LogP contribution in [-0.4, -0.2) is 9.97 Å². The maximum absolute atomic E-state index is 4.50. The molecule has 0 aliphatic heterocycles. The largest absolute Gasteiger partial charge is 0.255 e. The minimum Gasteiger partial charge on any atom is -0.255 e. The van der Waals surface area contributed by atoms with E-state index in [-0.39, 0.29) is 0 Å². The van der Waals surface area contributed by atoms with Gasteiger partial charge in [0.05, 0.1) is 11.4 Å². The van der Waals surface area contributed by atoms with Gasteiger partial charge in [0.2, 0.25) is 0 Å². The average molecular weight is 397 g/mol. The summed E-state index contributed by atoms with van der Waals surface area (Å²) in [5.74, 6) is 0. The molecule has 4 aromatic rings. The van der Waals surface area contributed by atoms with Crippen LogP contribution in [0.3, 0.4) is 0 Å². The molecule has 0 amide bonds. The standard InChI is InChI=1S/C26H28N4/c1-21-6-12-27-25(19-21)26-20-22(7-13-28-26)5-3-4-14-30-17-10-24(11-18-30)23-8-15-29(2)16-9-23/h6-13,15-20H,3-5,14H2,1-2H3/q+2. The van der Waals surface area contributed by atoms with Gasteiger partial charge >= 0.3 is 0 Å². The third-order valence-electron chi connectivity index (χ3n) is 5.34. The predicted octanol–water partition coefficient (Wildman–Crippen LogP) is 4.25. The molecule has 4 aromatic heterocycles. The van der Waals surface area contributed by atoms with E-state index in [0.29, 0.717) is 0 Å². The first-order chi connectivity index (χ1) is 14.7. The predicted molar refractivity (Wildman–Crippen MR) is 118 cm³/mol. The van der Waals surface area contributed by atoms with Gasteiger partial charge in [0.1, 0.15) is 13.6 Å². The Morgan fingerprint density at radius 3 is 2.07 bits per heavy atom. The maximum atomic E-state index is 4.50. The SMILES string of the molecule is Cc1ccnc(-c2cc(CCCC[n+]3ccc(-c4cc[n+](C)cc4)cc3)ccn2)c1.